The maximum absolute atomic E-state index is 6.02. The van der Waals surface area contributed by atoms with Gasteiger partial charge < -0.3 is 10.7 Å². The van der Waals surface area contributed by atoms with Crippen molar-refractivity contribution in [3.63, 3.8) is 0 Å². The van der Waals surface area contributed by atoms with Crippen LogP contribution in [0.1, 0.15) is 5.56 Å². The van der Waals surface area contributed by atoms with Gasteiger partial charge in [0.2, 0.25) is 0 Å². The van der Waals surface area contributed by atoms with Crippen molar-refractivity contribution in [3.8, 4) is 11.4 Å². The highest BCUT2D eigenvalue weighted by molar-refractivity contribution is 6.31. The molecule has 0 radical (unpaired) electrons. The minimum absolute atomic E-state index is 0.727. The quantitative estimate of drug-likeness (QED) is 0.652. The summed E-state index contributed by atoms with van der Waals surface area (Å²) in [7, 11) is 0. The van der Waals surface area contributed by atoms with E-state index in [0.29, 0.717) is 0 Å². The molecule has 0 spiro atoms. The normalized spacial score (nSPS) is 11.0. The fourth-order valence-electron chi connectivity index (χ4n) is 1.96. The molecule has 0 saturated heterocycles. The van der Waals surface area contributed by atoms with E-state index in [1.807, 2.05) is 43.3 Å². The molecule has 0 aliphatic rings. The van der Waals surface area contributed by atoms with Crippen LogP contribution >= 0.6 is 11.6 Å². The molecule has 3 nitrogen and oxygen atoms in total. The van der Waals surface area contributed by atoms with Gasteiger partial charge in [-0.3, -0.25) is 0 Å². The second-order valence-corrected chi connectivity index (χ2v) is 4.73. The Morgan fingerprint density at radius 2 is 2.00 bits per heavy atom. The highest BCUT2D eigenvalue weighted by Gasteiger charge is 2.06. The number of benzene rings is 2. The molecule has 0 aliphatic carbocycles. The van der Waals surface area contributed by atoms with Crippen LogP contribution < -0.4 is 5.73 Å². The lowest BCUT2D eigenvalue weighted by atomic mass is 10.1. The number of aromatic nitrogens is 2. The van der Waals surface area contributed by atoms with E-state index < -0.39 is 0 Å². The van der Waals surface area contributed by atoms with Gasteiger partial charge in [-0.1, -0.05) is 11.6 Å². The van der Waals surface area contributed by atoms with Gasteiger partial charge in [0.15, 0.2) is 0 Å². The van der Waals surface area contributed by atoms with Crippen LogP contribution in [0, 0.1) is 6.92 Å². The number of aryl methyl sites for hydroxylation is 1. The summed E-state index contributed by atoms with van der Waals surface area (Å²) in [6.07, 6.45) is 0. The van der Waals surface area contributed by atoms with Crippen molar-refractivity contribution in [2.24, 2.45) is 0 Å². The van der Waals surface area contributed by atoms with Crippen molar-refractivity contribution >= 4 is 28.3 Å². The first-order valence-electron chi connectivity index (χ1n) is 5.65. The van der Waals surface area contributed by atoms with E-state index in [9.17, 15) is 0 Å². The monoisotopic (exact) mass is 257 g/mol. The number of hydrogen-bond donors (Lipinski definition) is 2. The van der Waals surface area contributed by atoms with Crippen LogP contribution in [0.2, 0.25) is 5.02 Å². The first kappa shape index (κ1) is 11.1. The van der Waals surface area contributed by atoms with Crippen LogP contribution in [0.25, 0.3) is 22.4 Å². The number of H-pyrrole nitrogens is 1. The molecule has 1 heterocycles. The topological polar surface area (TPSA) is 54.7 Å². The van der Waals surface area contributed by atoms with Crippen LogP contribution in [0.15, 0.2) is 36.4 Å². The lowest BCUT2D eigenvalue weighted by Gasteiger charge is -2.00. The van der Waals surface area contributed by atoms with Crippen LogP contribution in [-0.2, 0) is 0 Å². The molecule has 0 aliphatic heterocycles. The molecule has 0 fully saturated rings. The fraction of sp³-hybridized carbons (Fsp3) is 0.0714. The first-order chi connectivity index (χ1) is 8.63. The molecular weight excluding hydrogens is 246 g/mol. The largest absolute Gasteiger partial charge is 0.399 e. The van der Waals surface area contributed by atoms with E-state index in [-0.39, 0.29) is 0 Å². The van der Waals surface area contributed by atoms with Crippen LogP contribution in [-0.4, -0.2) is 9.97 Å². The predicted octanol–water partition coefficient (Wildman–Crippen LogP) is 3.77. The summed E-state index contributed by atoms with van der Waals surface area (Å²) in [4.78, 5) is 7.81. The van der Waals surface area contributed by atoms with E-state index in [1.54, 1.807) is 0 Å². The van der Waals surface area contributed by atoms with Crippen molar-refractivity contribution in [3.05, 3.63) is 47.0 Å². The molecule has 18 heavy (non-hydrogen) atoms. The van der Waals surface area contributed by atoms with Crippen molar-refractivity contribution in [1.82, 2.24) is 9.97 Å². The SMILES string of the molecule is Cc1cc(-c2nc3ccc(N)cc3[nH]2)ccc1Cl. The van der Waals surface area contributed by atoms with E-state index in [2.05, 4.69) is 9.97 Å². The summed E-state index contributed by atoms with van der Waals surface area (Å²) in [5.41, 5.74) is 10.4. The molecule has 3 aromatic rings. The number of hydrogen-bond acceptors (Lipinski definition) is 2. The number of anilines is 1. The average molecular weight is 258 g/mol. The average Bonchev–Trinajstić information content (AvgIpc) is 2.75. The van der Waals surface area contributed by atoms with E-state index >= 15 is 0 Å². The second-order valence-electron chi connectivity index (χ2n) is 4.33. The minimum Gasteiger partial charge on any atom is -0.399 e. The summed E-state index contributed by atoms with van der Waals surface area (Å²) in [5.74, 6) is 0.829. The lowest BCUT2D eigenvalue weighted by molar-refractivity contribution is 1.32. The van der Waals surface area contributed by atoms with Gasteiger partial charge in [0, 0.05) is 16.3 Å². The van der Waals surface area contributed by atoms with Crippen molar-refractivity contribution in [2.75, 3.05) is 5.73 Å². The van der Waals surface area contributed by atoms with E-state index in [4.69, 9.17) is 17.3 Å². The number of rotatable bonds is 1. The fourth-order valence-corrected chi connectivity index (χ4v) is 2.07. The van der Waals surface area contributed by atoms with Crippen LogP contribution in [0.3, 0.4) is 0 Å². The molecule has 0 bridgehead atoms. The zero-order valence-electron chi connectivity index (χ0n) is 9.87. The maximum atomic E-state index is 6.02. The number of nitrogens with one attached hydrogen (secondary N) is 1. The Hall–Kier alpha value is -2.00. The number of nitrogens with two attached hydrogens (primary N) is 1. The third-order valence-electron chi connectivity index (χ3n) is 2.94. The molecule has 0 amide bonds. The Kier molecular flexibility index (Phi) is 2.49. The number of fused-ring (bicyclic) bond motifs is 1. The van der Waals surface area contributed by atoms with Crippen LogP contribution in [0.5, 0.6) is 0 Å². The number of aromatic amines is 1. The van der Waals surface area contributed by atoms with E-state index in [0.717, 1.165) is 38.7 Å². The molecule has 2 aromatic carbocycles. The van der Waals surface area contributed by atoms with Crippen molar-refractivity contribution in [1.29, 1.82) is 0 Å². The van der Waals surface area contributed by atoms with Crippen LogP contribution in [0.4, 0.5) is 5.69 Å². The Bertz CT molecular complexity index is 731. The summed E-state index contributed by atoms with van der Waals surface area (Å²) < 4.78 is 0. The Labute approximate surface area is 110 Å². The molecule has 90 valence electrons. The number of halogens is 1. The predicted molar refractivity (Wildman–Crippen MR) is 75.7 cm³/mol. The molecular formula is C14H12ClN3. The molecule has 3 rings (SSSR count). The Balaban J connectivity index is 2.16. The zero-order valence-corrected chi connectivity index (χ0v) is 10.6. The Morgan fingerprint density at radius 1 is 1.17 bits per heavy atom. The molecule has 0 saturated carbocycles. The number of imidazole rings is 1. The van der Waals surface area contributed by atoms with Gasteiger partial charge in [0.25, 0.3) is 0 Å². The first-order valence-corrected chi connectivity index (χ1v) is 6.03. The summed E-state index contributed by atoms with van der Waals surface area (Å²) in [5, 5.41) is 0.763. The lowest BCUT2D eigenvalue weighted by Crippen LogP contribution is -1.83. The molecule has 1 aromatic heterocycles. The highest BCUT2D eigenvalue weighted by atomic mass is 35.5. The smallest absolute Gasteiger partial charge is 0.138 e. The van der Waals surface area contributed by atoms with Gasteiger partial charge in [-0.05, 0) is 48.9 Å². The maximum Gasteiger partial charge on any atom is 0.138 e. The van der Waals surface area contributed by atoms with Gasteiger partial charge in [0.05, 0.1) is 11.0 Å². The Morgan fingerprint density at radius 3 is 2.78 bits per heavy atom. The molecule has 3 N–H and O–H groups in total. The van der Waals surface area contributed by atoms with Gasteiger partial charge in [0.1, 0.15) is 5.82 Å². The summed E-state index contributed by atoms with van der Waals surface area (Å²) >= 11 is 6.02. The van der Waals surface area contributed by atoms with Crippen molar-refractivity contribution < 1.29 is 0 Å². The second kappa shape index (κ2) is 4.03. The number of nitrogens with zero attached hydrogens (tertiary/aromatic N) is 1. The molecule has 0 unspecified atom stereocenters. The summed E-state index contributed by atoms with van der Waals surface area (Å²) in [6, 6.07) is 11.5. The minimum atomic E-state index is 0.727. The standard InChI is InChI=1S/C14H12ClN3/c1-8-6-9(2-4-11(8)15)14-17-12-5-3-10(16)7-13(12)18-14/h2-7H,16H2,1H3,(H,17,18). The highest BCUT2D eigenvalue weighted by Crippen LogP contribution is 2.25. The van der Waals surface area contributed by atoms with Crippen molar-refractivity contribution in [2.45, 2.75) is 6.92 Å². The summed E-state index contributed by atoms with van der Waals surface area (Å²) in [6.45, 7) is 1.98. The molecule has 4 heteroatoms. The van der Waals surface area contributed by atoms with E-state index in [1.165, 1.54) is 0 Å². The third kappa shape index (κ3) is 1.83. The zero-order chi connectivity index (χ0) is 12.7. The van der Waals surface area contributed by atoms with Gasteiger partial charge in [-0.15, -0.1) is 0 Å². The van der Waals surface area contributed by atoms with Gasteiger partial charge in [-0.25, -0.2) is 4.98 Å². The van der Waals surface area contributed by atoms with Gasteiger partial charge in [-0.2, -0.15) is 0 Å². The third-order valence-corrected chi connectivity index (χ3v) is 3.36. The molecule has 0 atom stereocenters. The van der Waals surface area contributed by atoms with Gasteiger partial charge >= 0.3 is 0 Å². The number of nitrogen functional groups attached to an aromatic ring is 1.